The average molecular weight is 199 g/mol. The van der Waals surface area contributed by atoms with E-state index in [-0.39, 0.29) is 0 Å². The third-order valence-electron chi connectivity index (χ3n) is 2.26. The number of rotatable bonds is 1. The summed E-state index contributed by atoms with van der Waals surface area (Å²) in [5.41, 5.74) is 1.51. The summed E-state index contributed by atoms with van der Waals surface area (Å²) in [6.07, 6.45) is 1.25. The van der Waals surface area contributed by atoms with Gasteiger partial charge in [-0.2, -0.15) is 0 Å². The second-order valence-electron chi connectivity index (χ2n) is 3.17. The lowest BCUT2D eigenvalue weighted by Gasteiger charge is -2.26. The molecule has 0 radical (unpaired) electrons. The van der Waals surface area contributed by atoms with Crippen LogP contribution in [0.1, 0.15) is 24.9 Å². The maximum Gasteiger partial charge on any atom is 0.0649 e. The van der Waals surface area contributed by atoms with Gasteiger partial charge < -0.3 is 5.32 Å². The SMILES string of the molecule is CNC1C[C@H](C)Sc2sccc21. The van der Waals surface area contributed by atoms with Gasteiger partial charge in [0.15, 0.2) is 0 Å². The van der Waals surface area contributed by atoms with Crippen LogP contribution in [0.4, 0.5) is 0 Å². The Hall–Kier alpha value is 0.0100. The Bertz CT molecular complexity index is 269. The van der Waals surface area contributed by atoms with Crippen molar-refractivity contribution in [2.24, 2.45) is 0 Å². The Balaban J connectivity index is 2.31. The summed E-state index contributed by atoms with van der Waals surface area (Å²) in [4.78, 5) is 0. The monoisotopic (exact) mass is 199 g/mol. The molecule has 0 saturated carbocycles. The van der Waals surface area contributed by atoms with Gasteiger partial charge in [0.25, 0.3) is 0 Å². The van der Waals surface area contributed by atoms with Gasteiger partial charge in [-0.05, 0) is 30.5 Å². The summed E-state index contributed by atoms with van der Waals surface area (Å²) in [6, 6.07) is 2.84. The zero-order valence-corrected chi connectivity index (χ0v) is 8.97. The molecule has 0 aliphatic carbocycles. The van der Waals surface area contributed by atoms with Crippen molar-refractivity contribution in [1.82, 2.24) is 5.32 Å². The van der Waals surface area contributed by atoms with E-state index in [4.69, 9.17) is 0 Å². The fourth-order valence-electron chi connectivity index (χ4n) is 1.62. The molecular weight excluding hydrogens is 186 g/mol. The van der Waals surface area contributed by atoms with Crippen LogP contribution in [-0.4, -0.2) is 12.3 Å². The summed E-state index contributed by atoms with van der Waals surface area (Å²) in [5, 5.41) is 6.32. The molecule has 66 valence electrons. The maximum absolute atomic E-state index is 3.37. The minimum Gasteiger partial charge on any atom is -0.313 e. The normalized spacial score (nSPS) is 28.5. The molecule has 0 saturated heterocycles. The van der Waals surface area contributed by atoms with E-state index in [0.29, 0.717) is 6.04 Å². The largest absolute Gasteiger partial charge is 0.313 e. The van der Waals surface area contributed by atoms with Gasteiger partial charge >= 0.3 is 0 Å². The highest BCUT2D eigenvalue weighted by Gasteiger charge is 2.24. The summed E-state index contributed by atoms with van der Waals surface area (Å²) in [6.45, 7) is 2.30. The van der Waals surface area contributed by atoms with Gasteiger partial charge in [0.05, 0.1) is 4.21 Å². The first-order valence-electron chi connectivity index (χ1n) is 4.22. The topological polar surface area (TPSA) is 12.0 Å². The summed E-state index contributed by atoms with van der Waals surface area (Å²) in [7, 11) is 2.05. The van der Waals surface area contributed by atoms with Crippen molar-refractivity contribution in [3.8, 4) is 0 Å². The fraction of sp³-hybridized carbons (Fsp3) is 0.556. The minimum atomic E-state index is 0.586. The lowest BCUT2D eigenvalue weighted by molar-refractivity contribution is 0.535. The highest BCUT2D eigenvalue weighted by molar-refractivity contribution is 8.01. The molecule has 1 N–H and O–H groups in total. The van der Waals surface area contributed by atoms with E-state index in [0.717, 1.165) is 5.25 Å². The van der Waals surface area contributed by atoms with Crippen molar-refractivity contribution in [3.63, 3.8) is 0 Å². The van der Waals surface area contributed by atoms with E-state index in [9.17, 15) is 0 Å². The van der Waals surface area contributed by atoms with Crippen LogP contribution in [0.5, 0.6) is 0 Å². The van der Waals surface area contributed by atoms with E-state index in [1.165, 1.54) is 16.2 Å². The van der Waals surface area contributed by atoms with Crippen LogP contribution in [0.3, 0.4) is 0 Å². The van der Waals surface area contributed by atoms with Gasteiger partial charge in [0.1, 0.15) is 0 Å². The molecule has 1 unspecified atom stereocenters. The van der Waals surface area contributed by atoms with E-state index in [2.05, 4.69) is 30.7 Å². The molecule has 1 aliphatic heterocycles. The Labute approximate surface area is 81.6 Å². The highest BCUT2D eigenvalue weighted by atomic mass is 32.2. The summed E-state index contributed by atoms with van der Waals surface area (Å²) in [5.74, 6) is 0. The van der Waals surface area contributed by atoms with Crippen LogP contribution >= 0.6 is 23.1 Å². The third kappa shape index (κ3) is 1.41. The standard InChI is InChI=1S/C9H13NS2/c1-6-5-8(10-2)7-3-4-11-9(7)12-6/h3-4,6,8,10H,5H2,1-2H3/t6-,8?/m0/s1. The zero-order chi connectivity index (χ0) is 8.55. The Morgan fingerprint density at radius 2 is 2.42 bits per heavy atom. The first kappa shape index (κ1) is 8.60. The van der Waals surface area contributed by atoms with Crippen LogP contribution in [0.15, 0.2) is 15.7 Å². The molecular formula is C9H13NS2. The van der Waals surface area contributed by atoms with Gasteiger partial charge in [-0.3, -0.25) is 0 Å². The van der Waals surface area contributed by atoms with Crippen LogP contribution in [-0.2, 0) is 0 Å². The lowest BCUT2D eigenvalue weighted by atomic mass is 10.1. The molecule has 1 nitrogen and oxygen atoms in total. The Morgan fingerprint density at radius 3 is 3.17 bits per heavy atom. The molecule has 1 aromatic rings. The van der Waals surface area contributed by atoms with Crippen molar-refractivity contribution >= 4 is 23.1 Å². The maximum atomic E-state index is 3.37. The molecule has 2 heterocycles. The lowest BCUT2D eigenvalue weighted by Crippen LogP contribution is -2.22. The summed E-state index contributed by atoms with van der Waals surface area (Å²) >= 11 is 3.89. The molecule has 2 atom stereocenters. The van der Waals surface area contributed by atoms with Gasteiger partial charge in [0.2, 0.25) is 0 Å². The van der Waals surface area contributed by atoms with Crippen molar-refractivity contribution in [2.75, 3.05) is 7.05 Å². The minimum absolute atomic E-state index is 0.586. The predicted octanol–water partition coefficient (Wildman–Crippen LogP) is 2.89. The molecule has 0 fully saturated rings. The molecule has 1 aromatic heterocycles. The number of thioether (sulfide) groups is 1. The van der Waals surface area contributed by atoms with Gasteiger partial charge in [-0.15, -0.1) is 23.1 Å². The van der Waals surface area contributed by atoms with Gasteiger partial charge in [0, 0.05) is 11.3 Å². The molecule has 12 heavy (non-hydrogen) atoms. The number of fused-ring (bicyclic) bond motifs is 1. The van der Waals surface area contributed by atoms with Crippen LogP contribution in [0, 0.1) is 0 Å². The number of thiophene rings is 1. The second kappa shape index (κ2) is 3.40. The summed E-state index contributed by atoms with van der Waals surface area (Å²) < 4.78 is 1.51. The first-order valence-corrected chi connectivity index (χ1v) is 5.98. The quantitative estimate of drug-likeness (QED) is 0.746. The van der Waals surface area contributed by atoms with E-state index in [1.54, 1.807) is 0 Å². The number of hydrogen-bond acceptors (Lipinski definition) is 3. The van der Waals surface area contributed by atoms with Crippen molar-refractivity contribution < 1.29 is 0 Å². The average Bonchev–Trinajstić information content (AvgIpc) is 2.50. The van der Waals surface area contributed by atoms with Crippen molar-refractivity contribution in [3.05, 3.63) is 17.0 Å². The van der Waals surface area contributed by atoms with Crippen molar-refractivity contribution in [1.29, 1.82) is 0 Å². The van der Waals surface area contributed by atoms with E-state index in [1.807, 2.05) is 23.1 Å². The molecule has 3 heteroatoms. The van der Waals surface area contributed by atoms with Crippen LogP contribution < -0.4 is 5.32 Å². The fourth-order valence-corrected chi connectivity index (χ4v) is 4.19. The van der Waals surface area contributed by atoms with E-state index < -0.39 is 0 Å². The van der Waals surface area contributed by atoms with Crippen molar-refractivity contribution in [2.45, 2.75) is 28.8 Å². The molecule has 0 amide bonds. The highest BCUT2D eigenvalue weighted by Crippen LogP contribution is 2.43. The second-order valence-corrected chi connectivity index (χ2v) is 5.79. The first-order chi connectivity index (χ1) is 5.81. The molecule has 0 spiro atoms. The number of hydrogen-bond donors (Lipinski definition) is 1. The molecule has 0 bridgehead atoms. The molecule has 0 aromatic carbocycles. The van der Waals surface area contributed by atoms with Crippen LogP contribution in [0.25, 0.3) is 0 Å². The van der Waals surface area contributed by atoms with E-state index >= 15 is 0 Å². The van der Waals surface area contributed by atoms with Gasteiger partial charge in [-0.1, -0.05) is 6.92 Å². The number of nitrogens with one attached hydrogen (secondary N) is 1. The predicted molar refractivity (Wildman–Crippen MR) is 56.1 cm³/mol. The third-order valence-corrected chi connectivity index (χ3v) is 4.60. The Morgan fingerprint density at radius 1 is 1.58 bits per heavy atom. The molecule has 2 rings (SSSR count). The van der Waals surface area contributed by atoms with Gasteiger partial charge in [-0.25, -0.2) is 0 Å². The molecule has 1 aliphatic rings. The van der Waals surface area contributed by atoms with Crippen LogP contribution in [0.2, 0.25) is 0 Å². The smallest absolute Gasteiger partial charge is 0.0649 e. The zero-order valence-electron chi connectivity index (χ0n) is 7.33. The Kier molecular flexibility index (Phi) is 2.44.